The number of halogens is 4. The van der Waals surface area contributed by atoms with Crippen molar-refractivity contribution in [3.8, 4) is 5.75 Å². The molecule has 1 aliphatic heterocycles. The number of phenolic OH excluding ortho intramolecular Hbond substituents is 1. The van der Waals surface area contributed by atoms with E-state index >= 15 is 0 Å². The fraction of sp³-hybridized carbons (Fsp3) is 0.421. The highest BCUT2D eigenvalue weighted by molar-refractivity contribution is 5.95. The van der Waals surface area contributed by atoms with Gasteiger partial charge in [-0.3, -0.25) is 4.79 Å². The lowest BCUT2D eigenvalue weighted by atomic mass is 10.1. The Balaban J connectivity index is 1.57. The molecular weight excluding hydrogens is 422 g/mol. The zero-order chi connectivity index (χ0) is 22.2. The predicted octanol–water partition coefficient (Wildman–Crippen LogP) is 3.13. The minimum Gasteiger partial charge on any atom is -0.506 e. The summed E-state index contributed by atoms with van der Waals surface area (Å²) in [4.78, 5) is 21.4. The van der Waals surface area contributed by atoms with Gasteiger partial charge in [0.05, 0.1) is 24.5 Å². The van der Waals surface area contributed by atoms with Crippen LogP contribution in [0.25, 0.3) is 0 Å². The Hall–Kier alpha value is -3.15. The van der Waals surface area contributed by atoms with Gasteiger partial charge < -0.3 is 25.4 Å². The number of alkyl halides is 3. The summed E-state index contributed by atoms with van der Waals surface area (Å²) in [6.45, 7) is 1.27. The molecule has 0 atom stereocenters. The average molecular weight is 441 g/mol. The maximum Gasteiger partial charge on any atom is 0.421 e. The van der Waals surface area contributed by atoms with Crippen LogP contribution in [-0.2, 0) is 10.9 Å². The van der Waals surface area contributed by atoms with Crippen LogP contribution < -0.4 is 10.6 Å². The Morgan fingerprint density at radius 2 is 1.94 bits per heavy atom. The highest BCUT2D eigenvalue weighted by atomic mass is 19.4. The molecule has 1 saturated heterocycles. The van der Waals surface area contributed by atoms with Gasteiger partial charge in [0.2, 0.25) is 5.95 Å². The molecule has 2 aliphatic rings. The molecule has 1 saturated carbocycles. The lowest BCUT2D eigenvalue weighted by molar-refractivity contribution is -0.137. The summed E-state index contributed by atoms with van der Waals surface area (Å²) in [5, 5.41) is 15.5. The maximum absolute atomic E-state index is 14.6. The number of anilines is 3. The number of morpholine rings is 1. The fourth-order valence-electron chi connectivity index (χ4n) is 3.06. The van der Waals surface area contributed by atoms with Gasteiger partial charge in [0.15, 0.2) is 0 Å². The first-order valence-electron chi connectivity index (χ1n) is 9.59. The third-order valence-corrected chi connectivity index (χ3v) is 4.87. The summed E-state index contributed by atoms with van der Waals surface area (Å²) >= 11 is 0. The van der Waals surface area contributed by atoms with Gasteiger partial charge in [-0.15, -0.1) is 0 Å². The molecule has 12 heteroatoms. The molecule has 166 valence electrons. The molecule has 2 aromatic rings. The number of aromatic nitrogens is 2. The van der Waals surface area contributed by atoms with E-state index in [1.165, 1.54) is 4.90 Å². The summed E-state index contributed by atoms with van der Waals surface area (Å²) in [5.41, 5.74) is -1.53. The third kappa shape index (κ3) is 4.79. The van der Waals surface area contributed by atoms with E-state index in [1.54, 1.807) is 0 Å². The fourth-order valence-corrected chi connectivity index (χ4v) is 3.06. The molecule has 0 spiro atoms. The largest absolute Gasteiger partial charge is 0.506 e. The number of phenols is 1. The summed E-state index contributed by atoms with van der Waals surface area (Å²) in [6, 6.07) is 1.74. The number of benzene rings is 1. The van der Waals surface area contributed by atoms with Crippen LogP contribution in [-0.4, -0.2) is 58.2 Å². The number of carbonyl (C=O) groups excluding carboxylic acids is 1. The first kappa shape index (κ1) is 21.1. The van der Waals surface area contributed by atoms with Crippen molar-refractivity contribution in [2.45, 2.75) is 25.1 Å². The summed E-state index contributed by atoms with van der Waals surface area (Å²) < 4.78 is 59.3. The van der Waals surface area contributed by atoms with Gasteiger partial charge in [0.1, 0.15) is 22.9 Å². The van der Waals surface area contributed by atoms with Crippen molar-refractivity contribution >= 4 is 23.4 Å². The second-order valence-electron chi connectivity index (χ2n) is 7.25. The molecule has 3 N–H and O–H groups in total. The molecule has 2 fully saturated rings. The smallest absolute Gasteiger partial charge is 0.421 e. The second kappa shape index (κ2) is 8.17. The number of rotatable bonds is 5. The van der Waals surface area contributed by atoms with Gasteiger partial charge >= 0.3 is 6.18 Å². The maximum atomic E-state index is 14.6. The van der Waals surface area contributed by atoms with Crippen LogP contribution in [0.4, 0.5) is 35.0 Å². The molecule has 1 aromatic heterocycles. The van der Waals surface area contributed by atoms with E-state index in [1.807, 2.05) is 0 Å². The molecule has 1 amide bonds. The third-order valence-electron chi connectivity index (χ3n) is 4.87. The van der Waals surface area contributed by atoms with Gasteiger partial charge in [-0.2, -0.15) is 18.2 Å². The first-order valence-corrected chi connectivity index (χ1v) is 9.59. The lowest BCUT2D eigenvalue weighted by Gasteiger charge is -2.27. The minimum absolute atomic E-state index is 0.0971. The predicted molar refractivity (Wildman–Crippen MR) is 102 cm³/mol. The number of hydrogen-bond donors (Lipinski definition) is 3. The monoisotopic (exact) mass is 441 g/mol. The SMILES string of the molecule is O=C(c1cc(O)c(Nc2ncc(C(F)(F)F)c(NC3CC3)n2)cc1F)N1CCOCC1. The molecule has 31 heavy (non-hydrogen) atoms. The zero-order valence-corrected chi connectivity index (χ0v) is 16.2. The Bertz CT molecular complexity index is 991. The van der Waals surface area contributed by atoms with Crippen LogP contribution in [0.1, 0.15) is 28.8 Å². The zero-order valence-electron chi connectivity index (χ0n) is 16.2. The highest BCUT2D eigenvalue weighted by Gasteiger charge is 2.37. The Morgan fingerprint density at radius 1 is 1.23 bits per heavy atom. The molecule has 1 aromatic carbocycles. The van der Waals surface area contributed by atoms with Crippen LogP contribution in [0.3, 0.4) is 0 Å². The van der Waals surface area contributed by atoms with Crippen LogP contribution >= 0.6 is 0 Å². The number of carbonyl (C=O) groups is 1. The van der Waals surface area contributed by atoms with Crippen molar-refractivity contribution in [3.05, 3.63) is 35.3 Å². The van der Waals surface area contributed by atoms with Gasteiger partial charge in [-0.1, -0.05) is 0 Å². The van der Waals surface area contributed by atoms with E-state index < -0.39 is 35.0 Å². The van der Waals surface area contributed by atoms with Gasteiger partial charge in [0, 0.05) is 31.4 Å². The minimum atomic E-state index is -4.65. The van der Waals surface area contributed by atoms with Crippen LogP contribution in [0, 0.1) is 5.82 Å². The van der Waals surface area contributed by atoms with Gasteiger partial charge in [-0.25, -0.2) is 9.37 Å². The van der Waals surface area contributed by atoms with Crippen LogP contribution in [0.15, 0.2) is 18.3 Å². The Morgan fingerprint density at radius 3 is 2.58 bits per heavy atom. The van der Waals surface area contributed by atoms with Crippen molar-refractivity contribution in [2.75, 3.05) is 36.9 Å². The summed E-state index contributed by atoms with van der Waals surface area (Å²) in [7, 11) is 0. The second-order valence-corrected chi connectivity index (χ2v) is 7.25. The van der Waals surface area contributed by atoms with E-state index in [2.05, 4.69) is 20.6 Å². The van der Waals surface area contributed by atoms with Crippen LogP contribution in [0.2, 0.25) is 0 Å². The quantitative estimate of drug-likeness (QED) is 0.484. The summed E-state index contributed by atoms with van der Waals surface area (Å²) in [6.07, 6.45) is -2.57. The van der Waals surface area contributed by atoms with Crippen LogP contribution in [0.5, 0.6) is 5.75 Å². The Kier molecular flexibility index (Phi) is 5.56. The summed E-state index contributed by atoms with van der Waals surface area (Å²) in [5.74, 6) is -2.63. The van der Waals surface area contributed by atoms with E-state index in [4.69, 9.17) is 4.74 Å². The van der Waals surface area contributed by atoms with Gasteiger partial charge in [0.25, 0.3) is 5.91 Å². The van der Waals surface area contributed by atoms with E-state index in [9.17, 15) is 27.5 Å². The molecule has 2 heterocycles. The number of aromatic hydroxyl groups is 1. The standard InChI is InChI=1S/C19H19F4N5O3/c20-13-8-14(15(29)7-11(13)17(30)28-3-5-31-6-4-28)26-18-24-9-12(19(21,22)23)16(27-18)25-10-1-2-10/h7-10,29H,1-6H2,(H2,24,25,26,27). The molecule has 1 aliphatic carbocycles. The molecule has 0 unspecified atom stereocenters. The number of hydrogen-bond acceptors (Lipinski definition) is 7. The van der Waals surface area contributed by atoms with Crippen molar-refractivity contribution in [1.82, 2.24) is 14.9 Å². The van der Waals surface area contributed by atoms with Crippen molar-refractivity contribution in [1.29, 1.82) is 0 Å². The van der Waals surface area contributed by atoms with E-state index in [-0.39, 0.29) is 23.2 Å². The van der Waals surface area contributed by atoms with E-state index in [0.717, 1.165) is 25.0 Å². The number of nitrogens with one attached hydrogen (secondary N) is 2. The van der Waals surface area contributed by atoms with Crippen molar-refractivity contribution < 1.29 is 32.2 Å². The van der Waals surface area contributed by atoms with E-state index in [0.29, 0.717) is 32.5 Å². The normalized spacial score (nSPS) is 16.8. The molecule has 8 nitrogen and oxygen atoms in total. The molecule has 0 radical (unpaired) electrons. The average Bonchev–Trinajstić information content (AvgIpc) is 3.54. The number of amides is 1. The lowest BCUT2D eigenvalue weighted by Crippen LogP contribution is -2.41. The topological polar surface area (TPSA) is 99.6 Å². The van der Waals surface area contributed by atoms with Crippen molar-refractivity contribution in [2.24, 2.45) is 0 Å². The molecular formula is C19H19F4N5O3. The van der Waals surface area contributed by atoms with Crippen molar-refractivity contribution in [3.63, 3.8) is 0 Å². The highest BCUT2D eigenvalue weighted by Crippen LogP contribution is 2.37. The van der Waals surface area contributed by atoms with Gasteiger partial charge in [-0.05, 0) is 18.9 Å². The first-order chi connectivity index (χ1) is 14.7. The molecule has 4 rings (SSSR count). The number of ether oxygens (including phenoxy) is 1. The number of nitrogens with zero attached hydrogens (tertiary/aromatic N) is 3. The molecule has 0 bridgehead atoms. The Labute approximate surface area is 174 Å².